The van der Waals surface area contributed by atoms with Crippen molar-refractivity contribution in [2.45, 2.75) is 19.2 Å². The van der Waals surface area contributed by atoms with E-state index in [4.69, 9.17) is 4.74 Å². The van der Waals surface area contributed by atoms with Gasteiger partial charge in [-0.1, -0.05) is 18.2 Å². The van der Waals surface area contributed by atoms with E-state index in [9.17, 15) is 18.0 Å². The summed E-state index contributed by atoms with van der Waals surface area (Å²) in [5, 5.41) is 2.57. The number of hydrogen-bond acceptors (Lipinski definition) is 3. The molecule has 1 amide bonds. The van der Waals surface area contributed by atoms with Gasteiger partial charge in [0.05, 0.1) is 5.56 Å². The number of rotatable bonds is 4. The zero-order chi connectivity index (χ0) is 17.0. The molecule has 2 aromatic rings. The Bertz CT molecular complexity index is 702. The molecule has 0 radical (unpaired) electrons. The van der Waals surface area contributed by atoms with Gasteiger partial charge in [-0.2, -0.15) is 13.2 Å². The summed E-state index contributed by atoms with van der Waals surface area (Å²) in [5.74, 6) is -0.682. The minimum atomic E-state index is -4.57. The molecule has 23 heavy (non-hydrogen) atoms. The molecule has 1 atom stereocenters. The molecule has 1 aromatic heterocycles. The lowest BCUT2D eigenvalue weighted by atomic mass is 10.0. The number of nitrogens with zero attached hydrogens (tertiary/aromatic N) is 1. The van der Waals surface area contributed by atoms with Crippen molar-refractivity contribution < 1.29 is 22.7 Å². The van der Waals surface area contributed by atoms with E-state index < -0.39 is 23.8 Å². The fraction of sp³-hybridized carbons (Fsp3) is 0.250. The second-order valence-corrected chi connectivity index (χ2v) is 4.88. The molecule has 0 spiro atoms. The number of halogens is 3. The predicted molar refractivity (Wildman–Crippen MR) is 78.8 cm³/mol. The van der Waals surface area contributed by atoms with Gasteiger partial charge in [-0.25, -0.2) is 0 Å². The number of aromatic nitrogens is 1. The van der Waals surface area contributed by atoms with Gasteiger partial charge in [0.2, 0.25) is 0 Å². The van der Waals surface area contributed by atoms with Crippen LogP contribution in [0.15, 0.2) is 42.7 Å². The van der Waals surface area contributed by atoms with Gasteiger partial charge in [0.25, 0.3) is 5.91 Å². The Morgan fingerprint density at radius 2 is 1.96 bits per heavy atom. The van der Waals surface area contributed by atoms with Crippen LogP contribution in [0.25, 0.3) is 0 Å². The van der Waals surface area contributed by atoms with Gasteiger partial charge in [0.15, 0.2) is 6.10 Å². The first-order valence-electron chi connectivity index (χ1n) is 6.75. The quantitative estimate of drug-likeness (QED) is 0.932. The first-order chi connectivity index (χ1) is 10.8. The van der Waals surface area contributed by atoms with Crippen molar-refractivity contribution in [3.8, 4) is 0 Å². The fourth-order valence-electron chi connectivity index (χ4n) is 2.17. The number of anilines is 1. The molecule has 1 N–H and O–H groups in total. The highest BCUT2D eigenvalue weighted by Gasteiger charge is 2.36. The number of hydrogen-bond donors (Lipinski definition) is 1. The first-order valence-corrected chi connectivity index (χ1v) is 6.75. The van der Waals surface area contributed by atoms with Gasteiger partial charge in [0, 0.05) is 30.8 Å². The third-order valence-corrected chi connectivity index (χ3v) is 3.30. The largest absolute Gasteiger partial charge is 0.416 e. The summed E-state index contributed by atoms with van der Waals surface area (Å²) in [4.78, 5) is 16.2. The van der Waals surface area contributed by atoms with E-state index in [0.29, 0.717) is 11.3 Å². The summed E-state index contributed by atoms with van der Waals surface area (Å²) in [7, 11) is 1.19. The number of nitrogens with one attached hydrogen (secondary N) is 1. The zero-order valence-corrected chi connectivity index (χ0v) is 12.5. The van der Waals surface area contributed by atoms with Crippen LogP contribution in [0.3, 0.4) is 0 Å². The maximum absolute atomic E-state index is 13.1. The third-order valence-electron chi connectivity index (χ3n) is 3.30. The molecule has 1 unspecified atom stereocenters. The van der Waals surface area contributed by atoms with Crippen molar-refractivity contribution in [3.63, 3.8) is 0 Å². The number of carbonyl (C=O) groups excluding carboxylic acids is 1. The van der Waals surface area contributed by atoms with Crippen LogP contribution < -0.4 is 5.32 Å². The monoisotopic (exact) mass is 324 g/mol. The third kappa shape index (κ3) is 3.87. The second-order valence-electron chi connectivity index (χ2n) is 4.88. The maximum Gasteiger partial charge on any atom is 0.416 e. The lowest BCUT2D eigenvalue weighted by molar-refractivity contribution is -0.140. The number of amides is 1. The summed E-state index contributed by atoms with van der Waals surface area (Å²) in [5.41, 5.74) is 0.0384. The number of pyridine rings is 1. The number of carbonyl (C=O) groups is 1. The molecular weight excluding hydrogens is 309 g/mol. The Hall–Kier alpha value is -2.41. The number of ether oxygens (including phenoxy) is 1. The normalized spacial score (nSPS) is 12.7. The standard InChI is InChI=1S/C16H15F3N2O2/c1-10-9-20-8-7-13(10)21-15(22)14(23-2)11-5-3-4-6-12(11)16(17,18)19/h3-9,14H,1-2H3,(H,20,21,22). The zero-order valence-electron chi connectivity index (χ0n) is 12.5. The van der Waals surface area contributed by atoms with Crippen LogP contribution >= 0.6 is 0 Å². The molecule has 1 heterocycles. The average molecular weight is 324 g/mol. The SMILES string of the molecule is COC(C(=O)Nc1ccncc1C)c1ccccc1C(F)(F)F. The molecule has 0 saturated heterocycles. The van der Waals surface area contributed by atoms with Crippen molar-refractivity contribution in [3.05, 3.63) is 59.4 Å². The topological polar surface area (TPSA) is 51.2 Å². The van der Waals surface area contributed by atoms with Crippen LogP contribution in [0, 0.1) is 6.92 Å². The summed E-state index contributed by atoms with van der Waals surface area (Å²) in [6.45, 7) is 1.73. The van der Waals surface area contributed by atoms with Gasteiger partial charge in [-0.3, -0.25) is 9.78 Å². The highest BCUT2D eigenvalue weighted by Crippen LogP contribution is 2.35. The molecule has 0 saturated carbocycles. The molecule has 0 aliphatic heterocycles. The highest BCUT2D eigenvalue weighted by atomic mass is 19.4. The van der Waals surface area contributed by atoms with Crippen molar-refractivity contribution >= 4 is 11.6 Å². The molecule has 0 fully saturated rings. The van der Waals surface area contributed by atoms with E-state index in [0.717, 1.165) is 6.07 Å². The minimum Gasteiger partial charge on any atom is -0.367 e. The Morgan fingerprint density at radius 3 is 2.57 bits per heavy atom. The molecule has 0 aliphatic carbocycles. The van der Waals surface area contributed by atoms with Crippen LogP contribution in [0.2, 0.25) is 0 Å². The molecule has 2 rings (SSSR count). The van der Waals surface area contributed by atoms with E-state index >= 15 is 0 Å². The van der Waals surface area contributed by atoms with Crippen LogP contribution in [0.1, 0.15) is 22.8 Å². The summed E-state index contributed by atoms with van der Waals surface area (Å²) in [6.07, 6.45) is -2.92. The summed E-state index contributed by atoms with van der Waals surface area (Å²) in [6, 6.07) is 6.42. The average Bonchev–Trinajstić information content (AvgIpc) is 2.50. The number of alkyl halides is 3. The van der Waals surface area contributed by atoms with Crippen molar-refractivity contribution in [2.75, 3.05) is 12.4 Å². The van der Waals surface area contributed by atoms with Crippen molar-refractivity contribution in [2.24, 2.45) is 0 Å². The van der Waals surface area contributed by atoms with Gasteiger partial charge < -0.3 is 10.1 Å². The molecule has 1 aromatic carbocycles. The Morgan fingerprint density at radius 1 is 1.26 bits per heavy atom. The maximum atomic E-state index is 13.1. The first kappa shape index (κ1) is 17.0. The Kier molecular flexibility index (Phi) is 5.00. The second kappa shape index (κ2) is 6.78. The molecule has 0 aliphatic rings. The van der Waals surface area contributed by atoms with Crippen LogP contribution in [0.4, 0.5) is 18.9 Å². The lowest BCUT2D eigenvalue weighted by Gasteiger charge is -2.20. The lowest BCUT2D eigenvalue weighted by Crippen LogP contribution is -2.25. The van der Waals surface area contributed by atoms with Crippen LogP contribution in [-0.2, 0) is 15.7 Å². The Balaban J connectivity index is 2.34. The molecule has 0 bridgehead atoms. The van der Waals surface area contributed by atoms with E-state index in [-0.39, 0.29) is 5.56 Å². The van der Waals surface area contributed by atoms with Gasteiger partial charge in [-0.05, 0) is 24.6 Å². The van der Waals surface area contributed by atoms with E-state index in [1.165, 1.54) is 31.5 Å². The highest BCUT2D eigenvalue weighted by molar-refractivity contribution is 5.95. The number of methoxy groups -OCH3 is 1. The van der Waals surface area contributed by atoms with Crippen molar-refractivity contribution in [1.82, 2.24) is 4.98 Å². The molecule has 122 valence electrons. The molecule has 7 heteroatoms. The molecular formula is C16H15F3N2O2. The fourth-order valence-corrected chi connectivity index (χ4v) is 2.17. The van der Waals surface area contributed by atoms with Crippen LogP contribution in [-0.4, -0.2) is 18.0 Å². The van der Waals surface area contributed by atoms with Gasteiger partial charge in [0.1, 0.15) is 0 Å². The molecule has 4 nitrogen and oxygen atoms in total. The van der Waals surface area contributed by atoms with Gasteiger partial charge in [-0.15, -0.1) is 0 Å². The van der Waals surface area contributed by atoms with E-state index in [1.807, 2.05) is 0 Å². The Labute approximate surface area is 131 Å². The van der Waals surface area contributed by atoms with Crippen LogP contribution in [0.5, 0.6) is 0 Å². The summed E-state index contributed by atoms with van der Waals surface area (Å²) >= 11 is 0. The van der Waals surface area contributed by atoms with E-state index in [2.05, 4.69) is 10.3 Å². The van der Waals surface area contributed by atoms with E-state index in [1.54, 1.807) is 19.2 Å². The van der Waals surface area contributed by atoms with Gasteiger partial charge >= 0.3 is 6.18 Å². The number of aryl methyl sites for hydroxylation is 1. The number of benzene rings is 1. The smallest absolute Gasteiger partial charge is 0.367 e. The van der Waals surface area contributed by atoms with Crippen molar-refractivity contribution in [1.29, 1.82) is 0 Å². The predicted octanol–water partition coefficient (Wildman–Crippen LogP) is 3.74. The minimum absolute atomic E-state index is 0.230. The summed E-state index contributed by atoms with van der Waals surface area (Å²) < 4.78 is 44.3.